The van der Waals surface area contributed by atoms with Gasteiger partial charge in [0.1, 0.15) is 5.75 Å². The number of benzene rings is 2. The number of rotatable bonds is 7. The van der Waals surface area contributed by atoms with Gasteiger partial charge in [-0.1, -0.05) is 0 Å². The standard InChI is InChI=1S/C17H21NO5S/c1-18(24(19)14-8-6-13(20-2)7-9-14)12-10-15(21-3)17(23-5)16(11-12)22-4/h6-11H,1-5H3. The fraction of sp³-hybridized carbons (Fsp3) is 0.294. The van der Waals surface area contributed by atoms with Crippen LogP contribution in [0.3, 0.4) is 0 Å². The molecule has 0 aliphatic rings. The highest BCUT2D eigenvalue weighted by atomic mass is 32.2. The van der Waals surface area contributed by atoms with E-state index in [0.717, 1.165) is 0 Å². The summed E-state index contributed by atoms with van der Waals surface area (Å²) >= 11 is 0. The number of ether oxygens (including phenoxy) is 4. The van der Waals surface area contributed by atoms with E-state index in [1.165, 1.54) is 0 Å². The van der Waals surface area contributed by atoms with Crippen LogP contribution < -0.4 is 23.3 Å². The molecule has 0 saturated carbocycles. The molecule has 24 heavy (non-hydrogen) atoms. The van der Waals surface area contributed by atoms with Gasteiger partial charge in [-0.15, -0.1) is 0 Å². The zero-order valence-electron chi connectivity index (χ0n) is 14.4. The van der Waals surface area contributed by atoms with Crippen molar-refractivity contribution in [2.75, 3.05) is 39.8 Å². The average Bonchev–Trinajstić information content (AvgIpc) is 2.65. The van der Waals surface area contributed by atoms with Crippen LogP contribution in [0.4, 0.5) is 5.69 Å². The second-order valence-corrected chi connectivity index (χ2v) is 6.32. The number of nitrogens with zero attached hydrogens (tertiary/aromatic N) is 1. The van der Waals surface area contributed by atoms with Crippen LogP contribution in [0.2, 0.25) is 0 Å². The smallest absolute Gasteiger partial charge is 0.203 e. The van der Waals surface area contributed by atoms with Crippen LogP contribution in [-0.4, -0.2) is 39.7 Å². The number of methoxy groups -OCH3 is 4. The Kier molecular flexibility index (Phi) is 5.92. The summed E-state index contributed by atoms with van der Waals surface area (Å²) in [5.74, 6) is 2.22. The summed E-state index contributed by atoms with van der Waals surface area (Å²) < 4.78 is 35.5. The quantitative estimate of drug-likeness (QED) is 0.768. The topological polar surface area (TPSA) is 57.2 Å². The molecule has 0 saturated heterocycles. The molecule has 2 aromatic carbocycles. The van der Waals surface area contributed by atoms with Crippen molar-refractivity contribution in [1.82, 2.24) is 0 Å². The lowest BCUT2D eigenvalue weighted by Gasteiger charge is -2.21. The van der Waals surface area contributed by atoms with E-state index in [0.29, 0.717) is 33.6 Å². The van der Waals surface area contributed by atoms with Gasteiger partial charge in [0, 0.05) is 19.2 Å². The Balaban J connectivity index is 2.37. The molecule has 0 heterocycles. The van der Waals surface area contributed by atoms with E-state index in [-0.39, 0.29) is 0 Å². The predicted octanol–water partition coefficient (Wildman–Crippen LogP) is 2.88. The molecule has 0 amide bonds. The van der Waals surface area contributed by atoms with Crippen molar-refractivity contribution >= 4 is 16.7 Å². The summed E-state index contributed by atoms with van der Waals surface area (Å²) in [6.45, 7) is 0. The van der Waals surface area contributed by atoms with E-state index in [1.54, 1.807) is 76.2 Å². The number of hydrogen-bond donors (Lipinski definition) is 0. The largest absolute Gasteiger partial charge is 0.497 e. The highest BCUT2D eigenvalue weighted by Crippen LogP contribution is 2.41. The second-order valence-electron chi connectivity index (χ2n) is 4.81. The summed E-state index contributed by atoms with van der Waals surface area (Å²) in [6.07, 6.45) is 0. The van der Waals surface area contributed by atoms with Crippen molar-refractivity contribution in [3.05, 3.63) is 36.4 Å². The average molecular weight is 351 g/mol. The molecule has 0 fully saturated rings. The van der Waals surface area contributed by atoms with Gasteiger partial charge in [-0.05, 0) is 24.3 Å². The van der Waals surface area contributed by atoms with Crippen LogP contribution in [0, 0.1) is 0 Å². The number of hydrogen-bond acceptors (Lipinski definition) is 5. The van der Waals surface area contributed by atoms with Crippen molar-refractivity contribution in [3.63, 3.8) is 0 Å². The van der Waals surface area contributed by atoms with Gasteiger partial charge < -0.3 is 18.9 Å². The first-order chi connectivity index (χ1) is 11.5. The Labute approximate surface area is 144 Å². The van der Waals surface area contributed by atoms with Gasteiger partial charge in [0.25, 0.3) is 0 Å². The summed E-state index contributed by atoms with van der Waals surface area (Å²) in [6, 6.07) is 10.6. The maximum absolute atomic E-state index is 12.8. The minimum Gasteiger partial charge on any atom is -0.497 e. The highest BCUT2D eigenvalue weighted by molar-refractivity contribution is 7.86. The molecule has 6 nitrogen and oxygen atoms in total. The highest BCUT2D eigenvalue weighted by Gasteiger charge is 2.18. The van der Waals surface area contributed by atoms with Gasteiger partial charge in [0.05, 0.1) is 39.0 Å². The van der Waals surface area contributed by atoms with E-state index < -0.39 is 11.0 Å². The van der Waals surface area contributed by atoms with Gasteiger partial charge >= 0.3 is 0 Å². The Hall–Kier alpha value is -2.41. The molecular formula is C17H21NO5S. The van der Waals surface area contributed by atoms with Crippen LogP contribution in [0.5, 0.6) is 23.0 Å². The Morgan fingerprint density at radius 2 is 1.38 bits per heavy atom. The number of anilines is 1. The zero-order chi connectivity index (χ0) is 17.7. The molecule has 0 aliphatic heterocycles. The monoisotopic (exact) mass is 351 g/mol. The fourth-order valence-electron chi connectivity index (χ4n) is 2.20. The minimum atomic E-state index is -1.39. The first-order valence-corrected chi connectivity index (χ1v) is 8.26. The predicted molar refractivity (Wildman–Crippen MR) is 93.9 cm³/mol. The summed E-state index contributed by atoms with van der Waals surface area (Å²) in [4.78, 5) is 0.659. The fourth-order valence-corrected chi connectivity index (χ4v) is 3.18. The summed E-state index contributed by atoms with van der Waals surface area (Å²) in [5.41, 5.74) is 0.679. The van der Waals surface area contributed by atoms with Crippen molar-refractivity contribution in [1.29, 1.82) is 0 Å². The third-order valence-electron chi connectivity index (χ3n) is 3.52. The molecule has 0 spiro atoms. The summed E-state index contributed by atoms with van der Waals surface area (Å²) in [5, 5.41) is 0. The molecule has 0 bridgehead atoms. The Bertz CT molecular complexity index is 692. The van der Waals surface area contributed by atoms with Gasteiger partial charge in [-0.2, -0.15) is 0 Å². The van der Waals surface area contributed by atoms with Crippen LogP contribution in [0.15, 0.2) is 41.3 Å². The Morgan fingerprint density at radius 3 is 1.79 bits per heavy atom. The molecule has 1 unspecified atom stereocenters. The van der Waals surface area contributed by atoms with E-state index in [9.17, 15) is 4.21 Å². The van der Waals surface area contributed by atoms with Gasteiger partial charge in [0.15, 0.2) is 22.5 Å². The van der Waals surface area contributed by atoms with Crippen LogP contribution in [-0.2, 0) is 11.0 Å². The minimum absolute atomic E-state index is 0.493. The molecule has 7 heteroatoms. The SMILES string of the molecule is COc1ccc(S(=O)N(C)c2cc(OC)c(OC)c(OC)c2)cc1. The maximum Gasteiger partial charge on any atom is 0.203 e. The summed E-state index contributed by atoms with van der Waals surface area (Å²) in [7, 11) is 6.56. The van der Waals surface area contributed by atoms with Crippen molar-refractivity contribution in [2.45, 2.75) is 4.90 Å². The lowest BCUT2D eigenvalue weighted by atomic mass is 10.2. The molecule has 130 valence electrons. The first kappa shape index (κ1) is 17.9. The van der Waals surface area contributed by atoms with Gasteiger partial charge in [0.2, 0.25) is 5.75 Å². The Morgan fingerprint density at radius 1 is 0.833 bits per heavy atom. The lowest BCUT2D eigenvalue weighted by molar-refractivity contribution is 0.324. The molecule has 1 atom stereocenters. The normalized spacial score (nSPS) is 11.5. The van der Waals surface area contributed by atoms with Gasteiger partial charge in [-0.3, -0.25) is 4.31 Å². The van der Waals surface area contributed by atoms with E-state index in [4.69, 9.17) is 18.9 Å². The maximum atomic E-state index is 12.8. The van der Waals surface area contributed by atoms with E-state index in [2.05, 4.69) is 0 Å². The molecular weight excluding hydrogens is 330 g/mol. The van der Waals surface area contributed by atoms with Crippen LogP contribution >= 0.6 is 0 Å². The molecule has 0 aromatic heterocycles. The second kappa shape index (κ2) is 7.92. The van der Waals surface area contributed by atoms with E-state index >= 15 is 0 Å². The first-order valence-electron chi connectivity index (χ1n) is 7.15. The third-order valence-corrected chi connectivity index (χ3v) is 4.91. The van der Waals surface area contributed by atoms with Crippen molar-refractivity contribution in [2.24, 2.45) is 0 Å². The lowest BCUT2D eigenvalue weighted by Crippen LogP contribution is -2.20. The van der Waals surface area contributed by atoms with E-state index in [1.807, 2.05) is 0 Å². The molecule has 2 aromatic rings. The van der Waals surface area contributed by atoms with Crippen molar-refractivity contribution in [3.8, 4) is 23.0 Å². The molecule has 0 radical (unpaired) electrons. The molecule has 2 rings (SSSR count). The van der Waals surface area contributed by atoms with Crippen LogP contribution in [0.25, 0.3) is 0 Å². The zero-order valence-corrected chi connectivity index (χ0v) is 15.2. The van der Waals surface area contributed by atoms with Crippen LogP contribution in [0.1, 0.15) is 0 Å². The van der Waals surface area contributed by atoms with Gasteiger partial charge in [-0.25, -0.2) is 4.21 Å². The van der Waals surface area contributed by atoms with Crippen molar-refractivity contribution < 1.29 is 23.2 Å². The molecule has 0 N–H and O–H groups in total. The third kappa shape index (κ3) is 3.56. The molecule has 0 aliphatic carbocycles.